The first-order valence-corrected chi connectivity index (χ1v) is 10.1. The predicted octanol–water partition coefficient (Wildman–Crippen LogP) is 5.23. The third-order valence-electron chi connectivity index (χ3n) is 4.39. The number of para-hydroxylation sites is 1. The molecule has 0 saturated heterocycles. The highest BCUT2D eigenvalue weighted by Crippen LogP contribution is 2.21. The summed E-state index contributed by atoms with van der Waals surface area (Å²) in [5, 5.41) is 6.03. The summed E-state index contributed by atoms with van der Waals surface area (Å²) >= 11 is 1.60. The van der Waals surface area contributed by atoms with Gasteiger partial charge >= 0.3 is 0 Å². The van der Waals surface area contributed by atoms with Gasteiger partial charge in [-0.05, 0) is 44.0 Å². The molecular weight excluding hydrogens is 368 g/mol. The number of nitrogens with one attached hydrogen (secondary N) is 1. The Morgan fingerprint density at radius 3 is 2.68 bits per heavy atom. The van der Waals surface area contributed by atoms with Crippen LogP contribution in [0.2, 0.25) is 0 Å². The summed E-state index contributed by atoms with van der Waals surface area (Å²) in [5.41, 5.74) is 4.04. The number of hydrogen-bond acceptors (Lipinski definition) is 4. The average Bonchev–Trinajstić information content (AvgIpc) is 3.11. The van der Waals surface area contributed by atoms with Gasteiger partial charge in [-0.2, -0.15) is 0 Å². The molecule has 0 aliphatic carbocycles. The van der Waals surface area contributed by atoms with Crippen LogP contribution in [0.4, 0.5) is 0 Å². The summed E-state index contributed by atoms with van der Waals surface area (Å²) < 4.78 is 5.90. The topological polar surface area (TPSA) is 51.2 Å². The van der Waals surface area contributed by atoms with Crippen molar-refractivity contribution < 1.29 is 9.53 Å². The van der Waals surface area contributed by atoms with Crippen molar-refractivity contribution in [2.75, 3.05) is 0 Å². The third kappa shape index (κ3) is 5.30. The summed E-state index contributed by atoms with van der Waals surface area (Å²) in [4.78, 5) is 16.8. The zero-order valence-electron chi connectivity index (χ0n) is 16.3. The van der Waals surface area contributed by atoms with Crippen LogP contribution < -0.4 is 10.1 Å². The van der Waals surface area contributed by atoms with Crippen molar-refractivity contribution in [2.45, 2.75) is 33.4 Å². The first-order valence-electron chi connectivity index (χ1n) is 9.20. The molecule has 0 radical (unpaired) electrons. The van der Waals surface area contributed by atoms with E-state index in [-0.39, 0.29) is 11.9 Å². The third-order valence-corrected chi connectivity index (χ3v) is 5.21. The molecule has 0 saturated carbocycles. The number of hydrogen-bond donors (Lipinski definition) is 1. The Hall–Kier alpha value is -2.92. The number of aromatic nitrogens is 1. The number of benzene rings is 2. The molecule has 0 fully saturated rings. The number of ether oxygens (including phenoxy) is 1. The van der Waals surface area contributed by atoms with Crippen molar-refractivity contribution in [2.24, 2.45) is 0 Å². The Morgan fingerprint density at radius 1 is 1.18 bits per heavy atom. The minimum Gasteiger partial charge on any atom is -0.487 e. The quantitative estimate of drug-likeness (QED) is 0.560. The van der Waals surface area contributed by atoms with Gasteiger partial charge in [-0.3, -0.25) is 4.79 Å². The molecular formula is C23H24N2O2S. The Balaban J connectivity index is 1.63. The Labute approximate surface area is 169 Å². The smallest absolute Gasteiger partial charge is 0.244 e. The van der Waals surface area contributed by atoms with E-state index in [0.29, 0.717) is 6.61 Å². The molecule has 2 aromatic carbocycles. The van der Waals surface area contributed by atoms with E-state index in [1.54, 1.807) is 23.5 Å². The molecule has 5 heteroatoms. The number of amides is 1. The first kappa shape index (κ1) is 19.8. The molecule has 0 spiro atoms. The molecule has 144 valence electrons. The lowest BCUT2D eigenvalue weighted by Gasteiger charge is -2.15. The van der Waals surface area contributed by atoms with Crippen molar-refractivity contribution in [1.29, 1.82) is 0 Å². The summed E-state index contributed by atoms with van der Waals surface area (Å²) in [5.74, 6) is 0.588. The van der Waals surface area contributed by atoms with E-state index in [4.69, 9.17) is 4.74 Å². The molecule has 28 heavy (non-hydrogen) atoms. The van der Waals surface area contributed by atoms with E-state index in [2.05, 4.69) is 10.3 Å². The molecule has 0 aliphatic heterocycles. The van der Waals surface area contributed by atoms with E-state index in [1.807, 2.05) is 74.7 Å². The van der Waals surface area contributed by atoms with Gasteiger partial charge in [0.25, 0.3) is 0 Å². The van der Waals surface area contributed by atoms with Crippen molar-refractivity contribution in [3.05, 3.63) is 87.4 Å². The van der Waals surface area contributed by atoms with Crippen LogP contribution in [0.3, 0.4) is 0 Å². The minimum absolute atomic E-state index is 0.0576. The zero-order valence-corrected chi connectivity index (χ0v) is 17.1. The van der Waals surface area contributed by atoms with Crippen LogP contribution in [0.25, 0.3) is 6.08 Å². The number of carbonyl (C=O) groups excluding carboxylic acids is 1. The van der Waals surface area contributed by atoms with Gasteiger partial charge in [0.05, 0.1) is 16.7 Å². The number of thiazole rings is 1. The van der Waals surface area contributed by atoms with Crippen LogP contribution in [0.1, 0.15) is 40.4 Å². The molecule has 1 amide bonds. The molecule has 1 atom stereocenters. The van der Waals surface area contributed by atoms with Gasteiger partial charge in [-0.1, -0.05) is 42.5 Å². The van der Waals surface area contributed by atoms with Crippen LogP contribution in [0.5, 0.6) is 5.75 Å². The number of rotatable bonds is 7. The van der Waals surface area contributed by atoms with Gasteiger partial charge < -0.3 is 10.1 Å². The highest BCUT2D eigenvalue weighted by atomic mass is 32.1. The molecule has 3 aromatic rings. The van der Waals surface area contributed by atoms with Gasteiger partial charge in [0.15, 0.2) is 0 Å². The second-order valence-electron chi connectivity index (χ2n) is 6.60. The van der Waals surface area contributed by atoms with Crippen LogP contribution in [0.15, 0.2) is 60.0 Å². The Morgan fingerprint density at radius 2 is 1.93 bits per heavy atom. The number of nitrogens with zero attached hydrogens (tertiary/aromatic N) is 1. The Kier molecular flexibility index (Phi) is 6.61. The van der Waals surface area contributed by atoms with Crippen LogP contribution >= 0.6 is 11.3 Å². The summed E-state index contributed by atoms with van der Waals surface area (Å²) in [7, 11) is 0. The largest absolute Gasteiger partial charge is 0.487 e. The maximum Gasteiger partial charge on any atom is 0.244 e. The Bertz CT molecular complexity index is 978. The fraction of sp³-hybridized carbons (Fsp3) is 0.217. The van der Waals surface area contributed by atoms with E-state index in [0.717, 1.165) is 33.1 Å². The first-order chi connectivity index (χ1) is 13.5. The van der Waals surface area contributed by atoms with Gasteiger partial charge in [0.1, 0.15) is 12.4 Å². The monoisotopic (exact) mass is 392 g/mol. The lowest BCUT2D eigenvalue weighted by molar-refractivity contribution is -0.117. The van der Waals surface area contributed by atoms with Crippen LogP contribution in [0, 0.1) is 13.8 Å². The van der Waals surface area contributed by atoms with E-state index < -0.39 is 0 Å². The van der Waals surface area contributed by atoms with Crippen LogP contribution in [-0.2, 0) is 11.4 Å². The zero-order chi connectivity index (χ0) is 19.9. The second-order valence-corrected chi connectivity index (χ2v) is 7.67. The fourth-order valence-corrected chi connectivity index (χ4v) is 3.55. The van der Waals surface area contributed by atoms with E-state index >= 15 is 0 Å². The van der Waals surface area contributed by atoms with E-state index in [9.17, 15) is 4.79 Å². The summed E-state index contributed by atoms with van der Waals surface area (Å²) in [6.07, 6.45) is 3.32. The highest BCUT2D eigenvalue weighted by Gasteiger charge is 2.10. The normalized spacial score (nSPS) is 12.1. The lowest BCUT2D eigenvalue weighted by atomic mass is 10.0. The summed E-state index contributed by atoms with van der Waals surface area (Å²) in [6, 6.07) is 15.7. The highest BCUT2D eigenvalue weighted by molar-refractivity contribution is 7.09. The minimum atomic E-state index is -0.138. The molecule has 1 aromatic heterocycles. The van der Waals surface area contributed by atoms with Gasteiger partial charge in [0.2, 0.25) is 5.91 Å². The van der Waals surface area contributed by atoms with Crippen molar-refractivity contribution >= 4 is 23.3 Å². The average molecular weight is 393 g/mol. The van der Waals surface area contributed by atoms with Gasteiger partial charge in [-0.15, -0.1) is 11.3 Å². The molecule has 4 nitrogen and oxygen atoms in total. The standard InChI is InChI=1S/C23H24N2O2S/c1-16-8-4-6-10-21(16)17(2)24-23(26)13-12-19-9-5-7-11-22(19)27-14-20-15-28-18(3)25-20/h4-13,15,17H,14H2,1-3H3,(H,24,26). The number of carbonyl (C=O) groups is 1. The van der Waals surface area contributed by atoms with Crippen molar-refractivity contribution in [3.8, 4) is 5.75 Å². The molecule has 1 unspecified atom stereocenters. The maximum atomic E-state index is 12.4. The van der Waals surface area contributed by atoms with Crippen molar-refractivity contribution in [3.63, 3.8) is 0 Å². The summed E-state index contributed by atoms with van der Waals surface area (Å²) in [6.45, 7) is 6.42. The molecule has 0 aliphatic rings. The predicted molar refractivity (Wildman–Crippen MR) is 114 cm³/mol. The fourth-order valence-electron chi connectivity index (χ4n) is 2.95. The van der Waals surface area contributed by atoms with Gasteiger partial charge in [0, 0.05) is 17.0 Å². The molecule has 1 heterocycles. The van der Waals surface area contributed by atoms with Crippen LogP contribution in [-0.4, -0.2) is 10.9 Å². The lowest BCUT2D eigenvalue weighted by Crippen LogP contribution is -2.25. The molecule has 1 N–H and O–H groups in total. The molecule has 0 bridgehead atoms. The molecule has 3 rings (SSSR count). The number of aryl methyl sites for hydroxylation is 2. The van der Waals surface area contributed by atoms with Gasteiger partial charge in [-0.25, -0.2) is 4.98 Å². The second kappa shape index (κ2) is 9.33. The van der Waals surface area contributed by atoms with E-state index in [1.165, 1.54) is 0 Å². The van der Waals surface area contributed by atoms with Crippen molar-refractivity contribution in [1.82, 2.24) is 10.3 Å². The SMILES string of the molecule is Cc1nc(COc2ccccc2C=CC(=O)NC(C)c2ccccc2C)cs1. The maximum absolute atomic E-state index is 12.4.